The Labute approximate surface area is 144 Å². The summed E-state index contributed by atoms with van der Waals surface area (Å²) in [6.45, 7) is 0. The van der Waals surface area contributed by atoms with Crippen molar-refractivity contribution in [3.63, 3.8) is 0 Å². The van der Waals surface area contributed by atoms with Crippen LogP contribution in [0.1, 0.15) is 26.5 Å². The summed E-state index contributed by atoms with van der Waals surface area (Å²) in [5.74, 6) is 1.68. The monoisotopic (exact) mass is 336 g/mol. The Balaban J connectivity index is 1.95. The van der Waals surface area contributed by atoms with Crippen LogP contribution in [0.3, 0.4) is 0 Å². The van der Waals surface area contributed by atoms with Crippen LogP contribution in [0, 0.1) is 0 Å². The lowest BCUT2D eigenvalue weighted by atomic mass is 10.0. The number of hydrogen-bond acceptors (Lipinski definition) is 5. The Morgan fingerprint density at radius 3 is 2.36 bits per heavy atom. The van der Waals surface area contributed by atoms with Crippen LogP contribution in [0.4, 0.5) is 0 Å². The highest BCUT2D eigenvalue weighted by atomic mass is 16.5. The summed E-state index contributed by atoms with van der Waals surface area (Å²) in [5, 5.41) is 0. The highest BCUT2D eigenvalue weighted by Gasteiger charge is 2.14. The lowest BCUT2D eigenvalue weighted by molar-refractivity contribution is 0.103. The first kappa shape index (κ1) is 16.5. The van der Waals surface area contributed by atoms with Gasteiger partial charge in [-0.05, 0) is 36.4 Å². The predicted octanol–water partition coefficient (Wildman–Crippen LogP) is 4.01. The molecule has 0 saturated carbocycles. The molecule has 0 aliphatic heterocycles. The molecule has 0 fully saturated rings. The standard InChI is InChI=1S/C20H16O5/c1-23-18-8-6-15(11-19(18)24-2)20(22)14-5-3-4-13(10-14)17-9-7-16(12-21)25-17/h3-12H,1-2H3. The second-order valence-electron chi connectivity index (χ2n) is 5.30. The van der Waals surface area contributed by atoms with Gasteiger partial charge in [-0.2, -0.15) is 0 Å². The van der Waals surface area contributed by atoms with E-state index in [-0.39, 0.29) is 11.5 Å². The topological polar surface area (TPSA) is 65.7 Å². The summed E-state index contributed by atoms with van der Waals surface area (Å²) in [6, 6.07) is 15.4. The van der Waals surface area contributed by atoms with E-state index in [4.69, 9.17) is 13.9 Å². The van der Waals surface area contributed by atoms with Crippen LogP contribution in [0.15, 0.2) is 59.0 Å². The SMILES string of the molecule is COc1ccc(C(=O)c2cccc(-c3ccc(C=O)o3)c2)cc1OC. The van der Waals surface area contributed by atoms with Gasteiger partial charge in [-0.3, -0.25) is 9.59 Å². The van der Waals surface area contributed by atoms with E-state index < -0.39 is 0 Å². The number of carbonyl (C=O) groups is 2. The van der Waals surface area contributed by atoms with E-state index in [2.05, 4.69) is 0 Å². The minimum atomic E-state index is -0.148. The fourth-order valence-electron chi connectivity index (χ4n) is 2.53. The van der Waals surface area contributed by atoms with Gasteiger partial charge in [0.15, 0.2) is 29.3 Å². The molecular formula is C20H16O5. The number of carbonyl (C=O) groups excluding carboxylic acids is 2. The van der Waals surface area contributed by atoms with E-state index in [1.807, 2.05) is 6.07 Å². The number of benzene rings is 2. The van der Waals surface area contributed by atoms with E-state index in [0.717, 1.165) is 5.56 Å². The van der Waals surface area contributed by atoms with Gasteiger partial charge in [0.1, 0.15) is 5.76 Å². The van der Waals surface area contributed by atoms with Gasteiger partial charge in [-0.25, -0.2) is 0 Å². The highest BCUT2D eigenvalue weighted by molar-refractivity contribution is 6.09. The molecule has 0 unspecified atom stereocenters. The quantitative estimate of drug-likeness (QED) is 0.503. The minimum Gasteiger partial charge on any atom is -0.493 e. The molecule has 25 heavy (non-hydrogen) atoms. The molecule has 0 spiro atoms. The van der Waals surface area contributed by atoms with Crippen LogP contribution in [-0.2, 0) is 0 Å². The van der Waals surface area contributed by atoms with Gasteiger partial charge in [0.2, 0.25) is 0 Å². The summed E-state index contributed by atoms with van der Waals surface area (Å²) < 4.78 is 15.8. The number of rotatable bonds is 6. The van der Waals surface area contributed by atoms with Crippen molar-refractivity contribution in [2.75, 3.05) is 14.2 Å². The Hall–Kier alpha value is -3.34. The second kappa shape index (κ2) is 7.05. The molecule has 0 aliphatic carbocycles. The Morgan fingerprint density at radius 1 is 0.920 bits per heavy atom. The van der Waals surface area contributed by atoms with Crippen molar-refractivity contribution in [3.05, 3.63) is 71.5 Å². The normalized spacial score (nSPS) is 10.3. The number of aldehydes is 1. The zero-order valence-corrected chi connectivity index (χ0v) is 13.8. The maximum absolute atomic E-state index is 12.8. The number of ether oxygens (including phenoxy) is 2. The molecule has 0 radical (unpaired) electrons. The maximum atomic E-state index is 12.8. The van der Waals surface area contributed by atoms with Crippen LogP contribution in [0.25, 0.3) is 11.3 Å². The van der Waals surface area contributed by atoms with E-state index in [9.17, 15) is 9.59 Å². The van der Waals surface area contributed by atoms with Crippen molar-refractivity contribution in [1.29, 1.82) is 0 Å². The third-order valence-corrected chi connectivity index (χ3v) is 3.80. The summed E-state index contributed by atoms with van der Waals surface area (Å²) in [6.07, 6.45) is 0.641. The second-order valence-corrected chi connectivity index (χ2v) is 5.30. The molecule has 3 aromatic rings. The van der Waals surface area contributed by atoms with Gasteiger partial charge >= 0.3 is 0 Å². The van der Waals surface area contributed by atoms with Crippen LogP contribution >= 0.6 is 0 Å². The fraction of sp³-hybridized carbons (Fsp3) is 0.100. The van der Waals surface area contributed by atoms with Crippen molar-refractivity contribution in [2.24, 2.45) is 0 Å². The van der Waals surface area contributed by atoms with E-state index >= 15 is 0 Å². The molecule has 0 aliphatic rings. The number of furan rings is 1. The molecular weight excluding hydrogens is 320 g/mol. The van der Waals surface area contributed by atoms with E-state index in [1.54, 1.807) is 55.6 Å². The molecule has 0 N–H and O–H groups in total. The van der Waals surface area contributed by atoms with Crippen LogP contribution in [0.5, 0.6) is 11.5 Å². The van der Waals surface area contributed by atoms with Crippen molar-refractivity contribution < 1.29 is 23.5 Å². The number of hydrogen-bond donors (Lipinski definition) is 0. The number of methoxy groups -OCH3 is 2. The summed E-state index contributed by atoms with van der Waals surface area (Å²) in [7, 11) is 3.06. The van der Waals surface area contributed by atoms with Crippen molar-refractivity contribution >= 4 is 12.1 Å². The molecule has 126 valence electrons. The average molecular weight is 336 g/mol. The Kier molecular flexibility index (Phi) is 4.66. The predicted molar refractivity (Wildman–Crippen MR) is 92.5 cm³/mol. The molecule has 5 heteroatoms. The van der Waals surface area contributed by atoms with Crippen LogP contribution in [0.2, 0.25) is 0 Å². The molecule has 3 rings (SSSR count). The Morgan fingerprint density at radius 2 is 1.68 bits per heavy atom. The molecule has 5 nitrogen and oxygen atoms in total. The van der Waals surface area contributed by atoms with Gasteiger partial charge < -0.3 is 13.9 Å². The molecule has 0 saturated heterocycles. The third kappa shape index (κ3) is 3.30. The van der Waals surface area contributed by atoms with E-state index in [0.29, 0.717) is 34.7 Å². The first-order valence-electron chi connectivity index (χ1n) is 7.58. The molecule has 0 atom stereocenters. The Bertz CT molecular complexity index is 923. The largest absolute Gasteiger partial charge is 0.493 e. The lowest BCUT2D eigenvalue weighted by Crippen LogP contribution is -2.02. The number of ketones is 1. The lowest BCUT2D eigenvalue weighted by Gasteiger charge is -2.09. The van der Waals surface area contributed by atoms with Gasteiger partial charge in [0.05, 0.1) is 14.2 Å². The fourth-order valence-corrected chi connectivity index (χ4v) is 2.53. The van der Waals surface area contributed by atoms with E-state index in [1.165, 1.54) is 7.11 Å². The zero-order chi connectivity index (χ0) is 17.8. The van der Waals surface area contributed by atoms with Crippen LogP contribution < -0.4 is 9.47 Å². The summed E-state index contributed by atoms with van der Waals surface area (Å²) in [5.41, 5.74) is 1.72. The van der Waals surface area contributed by atoms with Gasteiger partial charge in [-0.15, -0.1) is 0 Å². The smallest absolute Gasteiger partial charge is 0.193 e. The van der Waals surface area contributed by atoms with Crippen molar-refractivity contribution in [1.82, 2.24) is 0 Å². The van der Waals surface area contributed by atoms with Crippen molar-refractivity contribution in [3.8, 4) is 22.8 Å². The molecule has 1 heterocycles. The minimum absolute atomic E-state index is 0.148. The van der Waals surface area contributed by atoms with Crippen molar-refractivity contribution in [2.45, 2.75) is 0 Å². The molecule has 0 bridgehead atoms. The molecule has 0 amide bonds. The highest BCUT2D eigenvalue weighted by Crippen LogP contribution is 2.29. The van der Waals surface area contributed by atoms with Gasteiger partial charge in [0, 0.05) is 16.7 Å². The van der Waals surface area contributed by atoms with Crippen LogP contribution in [-0.4, -0.2) is 26.3 Å². The first-order chi connectivity index (χ1) is 12.2. The molecule has 2 aromatic carbocycles. The molecule has 1 aromatic heterocycles. The average Bonchev–Trinajstić information content (AvgIpc) is 3.16. The van der Waals surface area contributed by atoms with Gasteiger partial charge in [-0.1, -0.05) is 18.2 Å². The first-order valence-corrected chi connectivity index (χ1v) is 7.58. The zero-order valence-electron chi connectivity index (χ0n) is 13.8. The summed E-state index contributed by atoms with van der Waals surface area (Å²) in [4.78, 5) is 23.5. The van der Waals surface area contributed by atoms with Gasteiger partial charge in [0.25, 0.3) is 0 Å². The maximum Gasteiger partial charge on any atom is 0.193 e. The third-order valence-electron chi connectivity index (χ3n) is 3.80. The summed E-state index contributed by atoms with van der Waals surface area (Å²) >= 11 is 0.